The Bertz CT molecular complexity index is 669. The molecule has 2 N–H and O–H groups in total. The van der Waals surface area contributed by atoms with Gasteiger partial charge in [-0.2, -0.15) is 5.10 Å². The van der Waals surface area contributed by atoms with Gasteiger partial charge in [0.2, 0.25) is 5.91 Å². The van der Waals surface area contributed by atoms with E-state index in [0.29, 0.717) is 19.6 Å². The highest BCUT2D eigenvalue weighted by Crippen LogP contribution is 2.16. The van der Waals surface area contributed by atoms with Crippen LogP contribution < -0.4 is 15.5 Å². The third-order valence-corrected chi connectivity index (χ3v) is 4.05. The first kappa shape index (κ1) is 15.5. The normalized spacial score (nSPS) is 18.0. The van der Waals surface area contributed by atoms with Gasteiger partial charge >= 0.3 is 0 Å². The second-order valence-electron chi connectivity index (χ2n) is 5.59. The quantitative estimate of drug-likeness (QED) is 0.869. The van der Waals surface area contributed by atoms with Crippen LogP contribution in [0.5, 0.6) is 0 Å². The molecule has 1 aromatic carbocycles. The number of aromatic nitrogens is 2. The number of hydrogen-bond donors (Lipinski definition) is 2. The van der Waals surface area contributed by atoms with Crippen molar-refractivity contribution in [2.24, 2.45) is 7.05 Å². The third kappa shape index (κ3) is 3.68. The van der Waals surface area contributed by atoms with E-state index in [9.17, 15) is 9.18 Å². The van der Waals surface area contributed by atoms with Crippen LogP contribution >= 0.6 is 0 Å². The van der Waals surface area contributed by atoms with Crippen molar-refractivity contribution in [3.63, 3.8) is 0 Å². The summed E-state index contributed by atoms with van der Waals surface area (Å²) < 4.78 is 14.8. The van der Waals surface area contributed by atoms with Crippen LogP contribution in [0.4, 0.5) is 10.1 Å². The maximum Gasteiger partial charge on any atom is 0.239 e. The largest absolute Gasteiger partial charge is 0.368 e. The average molecular weight is 317 g/mol. The molecule has 0 unspecified atom stereocenters. The number of halogens is 1. The highest BCUT2D eigenvalue weighted by atomic mass is 19.1. The number of hydrogen-bond acceptors (Lipinski definition) is 4. The molecule has 1 aliphatic heterocycles. The van der Waals surface area contributed by atoms with E-state index in [-0.39, 0.29) is 17.8 Å². The summed E-state index contributed by atoms with van der Waals surface area (Å²) in [6.45, 7) is 2.51. The number of piperazine rings is 1. The highest BCUT2D eigenvalue weighted by molar-refractivity contribution is 5.82. The Morgan fingerprint density at radius 2 is 2.17 bits per heavy atom. The van der Waals surface area contributed by atoms with Crippen LogP contribution in [0.15, 0.2) is 36.5 Å². The minimum Gasteiger partial charge on any atom is -0.368 e. The summed E-state index contributed by atoms with van der Waals surface area (Å²) >= 11 is 0. The molecule has 122 valence electrons. The van der Waals surface area contributed by atoms with E-state index in [4.69, 9.17) is 0 Å². The molecule has 2 heterocycles. The molecule has 1 atom stereocenters. The Balaban J connectivity index is 1.58. The van der Waals surface area contributed by atoms with Crippen molar-refractivity contribution in [2.75, 3.05) is 24.5 Å². The Morgan fingerprint density at radius 3 is 2.87 bits per heavy atom. The SMILES string of the molecule is Cn1nccc1CNC(=O)[C@H]1CN(c2ccc(F)cc2)CCN1. The average Bonchev–Trinajstić information content (AvgIpc) is 2.98. The lowest BCUT2D eigenvalue weighted by Gasteiger charge is -2.34. The van der Waals surface area contributed by atoms with Crippen LogP contribution in [0.3, 0.4) is 0 Å². The number of anilines is 1. The van der Waals surface area contributed by atoms with Gasteiger partial charge in [-0.3, -0.25) is 9.48 Å². The van der Waals surface area contributed by atoms with Crippen molar-refractivity contribution < 1.29 is 9.18 Å². The topological polar surface area (TPSA) is 62.2 Å². The minimum absolute atomic E-state index is 0.0435. The van der Waals surface area contributed by atoms with Crippen LogP contribution in [-0.4, -0.2) is 41.4 Å². The van der Waals surface area contributed by atoms with Crippen LogP contribution in [-0.2, 0) is 18.4 Å². The van der Waals surface area contributed by atoms with Gasteiger partial charge in [-0.05, 0) is 30.3 Å². The van der Waals surface area contributed by atoms with Crippen molar-refractivity contribution >= 4 is 11.6 Å². The van der Waals surface area contributed by atoms with Crippen molar-refractivity contribution in [2.45, 2.75) is 12.6 Å². The molecule has 0 aliphatic carbocycles. The van der Waals surface area contributed by atoms with E-state index in [1.807, 2.05) is 13.1 Å². The molecule has 1 aromatic heterocycles. The number of benzene rings is 1. The summed E-state index contributed by atoms with van der Waals surface area (Å²) in [5.41, 5.74) is 1.88. The number of carbonyl (C=O) groups excluding carboxylic acids is 1. The van der Waals surface area contributed by atoms with E-state index in [0.717, 1.165) is 17.9 Å². The molecular formula is C16H20FN5O. The fourth-order valence-corrected chi connectivity index (χ4v) is 2.69. The van der Waals surface area contributed by atoms with Gasteiger partial charge in [0.05, 0.1) is 12.2 Å². The minimum atomic E-state index is -0.290. The van der Waals surface area contributed by atoms with Gasteiger partial charge in [0.1, 0.15) is 11.9 Å². The zero-order valence-corrected chi connectivity index (χ0v) is 13.0. The molecule has 1 aliphatic rings. The molecular weight excluding hydrogens is 297 g/mol. The smallest absolute Gasteiger partial charge is 0.239 e. The van der Waals surface area contributed by atoms with Crippen LogP contribution in [0.1, 0.15) is 5.69 Å². The van der Waals surface area contributed by atoms with Crippen molar-refractivity contribution in [1.82, 2.24) is 20.4 Å². The molecule has 3 rings (SSSR count). The van der Waals surface area contributed by atoms with Gasteiger partial charge in [0.25, 0.3) is 0 Å². The predicted molar refractivity (Wildman–Crippen MR) is 85.5 cm³/mol. The Hall–Kier alpha value is -2.41. The summed E-state index contributed by atoms with van der Waals surface area (Å²) in [7, 11) is 1.84. The van der Waals surface area contributed by atoms with Gasteiger partial charge in [-0.25, -0.2) is 4.39 Å². The molecule has 1 saturated heterocycles. The zero-order valence-electron chi connectivity index (χ0n) is 13.0. The van der Waals surface area contributed by atoms with E-state index < -0.39 is 0 Å². The third-order valence-electron chi connectivity index (χ3n) is 4.05. The van der Waals surface area contributed by atoms with E-state index in [1.54, 1.807) is 23.0 Å². The van der Waals surface area contributed by atoms with Gasteiger partial charge in [-0.15, -0.1) is 0 Å². The molecule has 0 radical (unpaired) electrons. The molecule has 23 heavy (non-hydrogen) atoms. The molecule has 1 amide bonds. The number of aryl methyl sites for hydroxylation is 1. The van der Waals surface area contributed by atoms with E-state index in [2.05, 4.69) is 20.6 Å². The van der Waals surface area contributed by atoms with Gasteiger partial charge < -0.3 is 15.5 Å². The fraction of sp³-hybridized carbons (Fsp3) is 0.375. The lowest BCUT2D eigenvalue weighted by atomic mass is 10.1. The lowest BCUT2D eigenvalue weighted by Crippen LogP contribution is -2.57. The maximum atomic E-state index is 13.0. The summed E-state index contributed by atoms with van der Waals surface area (Å²) in [5, 5.41) is 10.2. The number of nitrogens with zero attached hydrogens (tertiary/aromatic N) is 3. The summed E-state index contributed by atoms with van der Waals surface area (Å²) in [5.74, 6) is -0.299. The Kier molecular flexibility index (Phi) is 4.57. The number of rotatable bonds is 4. The maximum absolute atomic E-state index is 13.0. The number of nitrogens with one attached hydrogen (secondary N) is 2. The number of carbonyl (C=O) groups is 1. The number of amides is 1. The van der Waals surface area contributed by atoms with Gasteiger partial charge in [-0.1, -0.05) is 0 Å². The van der Waals surface area contributed by atoms with E-state index in [1.165, 1.54) is 12.1 Å². The summed E-state index contributed by atoms with van der Waals surface area (Å²) in [4.78, 5) is 14.4. The molecule has 7 heteroatoms. The first-order valence-corrected chi connectivity index (χ1v) is 7.62. The van der Waals surface area contributed by atoms with Crippen molar-refractivity contribution in [3.05, 3.63) is 48.0 Å². The molecule has 2 aromatic rings. The summed E-state index contributed by atoms with van der Waals surface area (Å²) in [6, 6.07) is 7.95. The first-order chi connectivity index (χ1) is 11.1. The molecule has 0 bridgehead atoms. The van der Waals surface area contributed by atoms with Crippen LogP contribution in [0.2, 0.25) is 0 Å². The molecule has 1 fully saturated rings. The predicted octanol–water partition coefficient (Wildman–Crippen LogP) is 0.654. The highest BCUT2D eigenvalue weighted by Gasteiger charge is 2.25. The first-order valence-electron chi connectivity index (χ1n) is 7.62. The van der Waals surface area contributed by atoms with Gasteiger partial charge in [0.15, 0.2) is 0 Å². The standard InChI is InChI=1S/C16H20FN5O/c1-21-14(6-7-20-21)10-19-16(23)15-11-22(9-8-18-15)13-4-2-12(17)3-5-13/h2-7,15,18H,8-11H2,1H3,(H,19,23)/t15-/m1/s1. The second-order valence-corrected chi connectivity index (χ2v) is 5.59. The van der Waals surface area contributed by atoms with Crippen LogP contribution in [0.25, 0.3) is 0 Å². The van der Waals surface area contributed by atoms with Crippen LogP contribution in [0, 0.1) is 5.82 Å². The van der Waals surface area contributed by atoms with Crippen molar-refractivity contribution in [1.29, 1.82) is 0 Å². The van der Waals surface area contributed by atoms with E-state index >= 15 is 0 Å². The zero-order chi connectivity index (χ0) is 16.2. The second kappa shape index (κ2) is 6.78. The Labute approximate surface area is 134 Å². The fourth-order valence-electron chi connectivity index (χ4n) is 2.69. The van der Waals surface area contributed by atoms with Gasteiger partial charge in [0, 0.05) is 38.6 Å². The van der Waals surface area contributed by atoms with Crippen molar-refractivity contribution in [3.8, 4) is 0 Å². The lowest BCUT2D eigenvalue weighted by molar-refractivity contribution is -0.123. The Morgan fingerprint density at radius 1 is 1.39 bits per heavy atom. The molecule has 0 saturated carbocycles. The summed E-state index contributed by atoms with van der Waals surface area (Å²) in [6.07, 6.45) is 1.70. The monoisotopic (exact) mass is 317 g/mol. The molecule has 0 spiro atoms. The molecule has 6 nitrogen and oxygen atoms in total.